The van der Waals surface area contributed by atoms with Crippen molar-refractivity contribution in [3.05, 3.63) is 105 Å². The van der Waals surface area contributed by atoms with Crippen LogP contribution in [0.1, 0.15) is 17.5 Å². The summed E-state index contributed by atoms with van der Waals surface area (Å²) in [5.74, 6) is 2.11. The van der Waals surface area contributed by atoms with Crippen LogP contribution in [0.15, 0.2) is 82.6 Å². The smallest absolute Gasteiger partial charge is 0.260 e. The fraction of sp³-hybridized carbons (Fsp3) is 0.207. The summed E-state index contributed by atoms with van der Waals surface area (Å²) in [6.45, 7) is 1.92. The maximum absolute atomic E-state index is 13.4. The largest absolute Gasteiger partial charge is 0.496 e. The number of hydrogen-bond acceptors (Lipinski definition) is 6. The summed E-state index contributed by atoms with van der Waals surface area (Å²) in [4.78, 5) is 31.4. The number of pyridine rings is 3. The predicted octanol–water partition coefficient (Wildman–Crippen LogP) is 3.98. The molecular weight excluding hydrogens is 470 g/mol. The zero-order valence-electron chi connectivity index (χ0n) is 20.3. The molecule has 1 aliphatic rings. The highest BCUT2D eigenvalue weighted by Crippen LogP contribution is 2.30. The van der Waals surface area contributed by atoms with Gasteiger partial charge in [-0.1, -0.05) is 24.3 Å². The summed E-state index contributed by atoms with van der Waals surface area (Å²) in [7, 11) is 1.61. The van der Waals surface area contributed by atoms with Crippen LogP contribution in [0.5, 0.6) is 17.2 Å². The van der Waals surface area contributed by atoms with Crippen LogP contribution in [-0.2, 0) is 13.1 Å². The lowest BCUT2D eigenvalue weighted by atomic mass is 10.1. The molecule has 0 fully saturated rings. The Labute approximate surface area is 212 Å². The molecule has 0 amide bonds. The molecule has 8 heteroatoms. The molecule has 0 saturated heterocycles. The third-order valence-corrected chi connectivity index (χ3v) is 6.59. The number of benzene rings is 2. The minimum atomic E-state index is -0.212. The Morgan fingerprint density at radius 1 is 0.811 bits per heavy atom. The zero-order chi connectivity index (χ0) is 25.4. The second kappa shape index (κ2) is 9.46. The van der Waals surface area contributed by atoms with E-state index in [1.54, 1.807) is 46.8 Å². The van der Waals surface area contributed by atoms with Gasteiger partial charge < -0.3 is 23.3 Å². The first kappa shape index (κ1) is 22.8. The van der Waals surface area contributed by atoms with Crippen molar-refractivity contribution in [3.8, 4) is 17.2 Å². The molecule has 5 aromatic rings. The molecule has 0 spiro atoms. The van der Waals surface area contributed by atoms with Crippen molar-refractivity contribution in [2.45, 2.75) is 19.5 Å². The van der Waals surface area contributed by atoms with Gasteiger partial charge in [-0.15, -0.1) is 0 Å². The lowest BCUT2D eigenvalue weighted by molar-refractivity contribution is 0.297. The van der Waals surface area contributed by atoms with E-state index in [0.29, 0.717) is 65.4 Å². The van der Waals surface area contributed by atoms with Gasteiger partial charge >= 0.3 is 0 Å². The number of aromatic nitrogens is 3. The van der Waals surface area contributed by atoms with Crippen molar-refractivity contribution in [2.75, 3.05) is 20.3 Å². The van der Waals surface area contributed by atoms with E-state index in [1.807, 2.05) is 42.5 Å². The van der Waals surface area contributed by atoms with E-state index < -0.39 is 0 Å². The molecule has 186 valence electrons. The molecule has 1 aliphatic heterocycles. The topological polar surface area (TPSA) is 84.6 Å². The quantitative estimate of drug-likeness (QED) is 0.343. The van der Waals surface area contributed by atoms with Crippen LogP contribution in [-0.4, -0.2) is 34.4 Å². The Morgan fingerprint density at radius 3 is 2.22 bits per heavy atom. The monoisotopic (exact) mass is 495 g/mol. The Balaban J connectivity index is 1.38. The molecule has 0 bridgehead atoms. The van der Waals surface area contributed by atoms with Crippen LogP contribution in [0.3, 0.4) is 0 Å². The lowest BCUT2D eigenvalue weighted by Gasteiger charge is -2.12. The molecule has 0 radical (unpaired) electrons. The van der Waals surface area contributed by atoms with E-state index in [9.17, 15) is 9.59 Å². The number of nitrogens with zero attached hydrogens (tertiary/aromatic N) is 3. The molecule has 0 N–H and O–H groups in total. The third-order valence-electron chi connectivity index (χ3n) is 6.59. The molecule has 37 heavy (non-hydrogen) atoms. The van der Waals surface area contributed by atoms with Gasteiger partial charge in [-0.2, -0.15) is 0 Å². The van der Waals surface area contributed by atoms with Crippen LogP contribution < -0.4 is 25.3 Å². The van der Waals surface area contributed by atoms with Gasteiger partial charge in [-0.25, -0.2) is 4.98 Å². The van der Waals surface area contributed by atoms with E-state index in [1.165, 1.54) is 0 Å². The Bertz CT molecular complexity index is 1760. The van der Waals surface area contributed by atoms with Crippen LogP contribution in [0.2, 0.25) is 0 Å². The van der Waals surface area contributed by atoms with Gasteiger partial charge in [-0.05, 0) is 42.0 Å². The molecule has 0 atom stereocenters. The van der Waals surface area contributed by atoms with E-state index >= 15 is 0 Å². The Morgan fingerprint density at radius 2 is 1.49 bits per heavy atom. The van der Waals surface area contributed by atoms with E-state index in [0.717, 1.165) is 17.5 Å². The van der Waals surface area contributed by atoms with Crippen molar-refractivity contribution in [1.29, 1.82) is 0 Å². The Kier molecular flexibility index (Phi) is 5.84. The van der Waals surface area contributed by atoms with E-state index in [4.69, 9.17) is 14.2 Å². The van der Waals surface area contributed by atoms with Gasteiger partial charge in [0.2, 0.25) is 0 Å². The van der Waals surface area contributed by atoms with E-state index in [2.05, 4.69) is 4.98 Å². The number of fused-ring (bicyclic) bond motifs is 3. The highest BCUT2D eigenvalue weighted by atomic mass is 16.5. The maximum Gasteiger partial charge on any atom is 0.260 e. The normalized spacial score (nSPS) is 13.0. The number of ether oxygens (including phenoxy) is 3. The fourth-order valence-electron chi connectivity index (χ4n) is 4.67. The minimum absolute atomic E-state index is 0.210. The van der Waals surface area contributed by atoms with E-state index in [-0.39, 0.29) is 11.1 Å². The molecule has 4 heterocycles. The van der Waals surface area contributed by atoms with Crippen molar-refractivity contribution < 1.29 is 14.2 Å². The van der Waals surface area contributed by atoms with Gasteiger partial charge in [0.15, 0.2) is 11.5 Å². The van der Waals surface area contributed by atoms with Gasteiger partial charge in [0.25, 0.3) is 11.1 Å². The maximum atomic E-state index is 13.4. The first-order valence-electron chi connectivity index (χ1n) is 12.1. The number of para-hydroxylation sites is 1. The number of methoxy groups -OCH3 is 1. The summed E-state index contributed by atoms with van der Waals surface area (Å²) >= 11 is 0. The van der Waals surface area contributed by atoms with Crippen molar-refractivity contribution >= 4 is 21.8 Å². The molecule has 0 saturated carbocycles. The first-order chi connectivity index (χ1) is 18.1. The summed E-state index contributed by atoms with van der Waals surface area (Å²) < 4.78 is 20.1. The van der Waals surface area contributed by atoms with Crippen LogP contribution >= 0.6 is 0 Å². The second-order valence-electron chi connectivity index (χ2n) is 8.99. The van der Waals surface area contributed by atoms with Crippen molar-refractivity contribution in [2.24, 2.45) is 0 Å². The van der Waals surface area contributed by atoms with Crippen molar-refractivity contribution in [3.63, 3.8) is 0 Å². The number of hydrogen-bond donors (Lipinski definition) is 0. The standard InChI is InChI=1S/C29H25N3O5/c1-35-25-6-3-2-5-20(25)18-32-12-10-24-22(29(32)34)16-21-23(30-24)9-11-31(28(21)33)17-19-7-8-26-27(15-19)37-14-4-13-36-26/h2-3,5-12,15-16H,4,13-14,17-18H2,1H3. The highest BCUT2D eigenvalue weighted by molar-refractivity contribution is 5.91. The van der Waals surface area contributed by atoms with Crippen LogP contribution in [0.4, 0.5) is 0 Å². The third kappa shape index (κ3) is 4.31. The summed E-state index contributed by atoms with van der Waals surface area (Å²) in [6, 6.07) is 18.6. The molecule has 3 aromatic heterocycles. The SMILES string of the molecule is COc1ccccc1Cn1ccc2nc3ccn(Cc4ccc5c(c4)OCCCO5)c(=O)c3cc2c1=O. The molecule has 6 rings (SSSR count). The predicted molar refractivity (Wildman–Crippen MR) is 141 cm³/mol. The average Bonchev–Trinajstić information content (AvgIpc) is 3.17. The van der Waals surface area contributed by atoms with Crippen LogP contribution in [0, 0.1) is 0 Å². The Hall–Kier alpha value is -4.59. The van der Waals surface area contributed by atoms with Crippen molar-refractivity contribution in [1.82, 2.24) is 14.1 Å². The molecule has 8 nitrogen and oxygen atoms in total. The first-order valence-corrected chi connectivity index (χ1v) is 12.1. The summed E-state index contributed by atoms with van der Waals surface area (Å²) in [5, 5.41) is 0.798. The summed E-state index contributed by atoms with van der Waals surface area (Å²) in [6.07, 6.45) is 4.28. The fourth-order valence-corrected chi connectivity index (χ4v) is 4.67. The van der Waals surface area contributed by atoms with Gasteiger partial charge in [0, 0.05) is 24.4 Å². The zero-order valence-corrected chi connectivity index (χ0v) is 20.3. The number of rotatable bonds is 5. The lowest BCUT2D eigenvalue weighted by Crippen LogP contribution is -2.23. The molecule has 0 aliphatic carbocycles. The molecular formula is C29H25N3O5. The molecule has 0 unspecified atom stereocenters. The summed E-state index contributed by atoms with van der Waals surface area (Å²) in [5.41, 5.74) is 2.48. The minimum Gasteiger partial charge on any atom is -0.496 e. The van der Waals surface area contributed by atoms with Gasteiger partial charge in [0.05, 0.1) is 55.2 Å². The molecule has 2 aromatic carbocycles. The van der Waals surface area contributed by atoms with Gasteiger partial charge in [0.1, 0.15) is 5.75 Å². The highest BCUT2D eigenvalue weighted by Gasteiger charge is 2.14. The average molecular weight is 496 g/mol. The van der Waals surface area contributed by atoms with Crippen LogP contribution in [0.25, 0.3) is 21.8 Å². The van der Waals surface area contributed by atoms with Gasteiger partial charge in [-0.3, -0.25) is 9.59 Å². The second-order valence-corrected chi connectivity index (χ2v) is 8.99.